The summed E-state index contributed by atoms with van der Waals surface area (Å²) < 4.78 is 11.6. The summed E-state index contributed by atoms with van der Waals surface area (Å²) in [7, 11) is 0. The Morgan fingerprint density at radius 1 is 1.25 bits per heavy atom. The van der Waals surface area contributed by atoms with Crippen molar-refractivity contribution in [3.63, 3.8) is 0 Å². The van der Waals surface area contributed by atoms with Crippen LogP contribution in [0.15, 0.2) is 24.3 Å². The molecule has 0 unspecified atom stereocenters. The van der Waals surface area contributed by atoms with E-state index in [-0.39, 0.29) is 12.6 Å². The normalized spacial score (nSPS) is 21.4. The zero-order valence-corrected chi connectivity index (χ0v) is 13.2. The smallest absolute Gasteiger partial charge is 0.313 e. The first-order valence-electron chi connectivity index (χ1n) is 8.02. The van der Waals surface area contributed by atoms with E-state index in [1.807, 2.05) is 6.07 Å². The Balaban J connectivity index is 1.48. The molecule has 1 saturated carbocycles. The molecule has 2 aliphatic rings. The van der Waals surface area contributed by atoms with Crippen molar-refractivity contribution in [2.24, 2.45) is 0 Å². The van der Waals surface area contributed by atoms with Gasteiger partial charge < -0.3 is 20.1 Å². The molecule has 3 rings (SSSR count). The largest absolute Gasteiger partial charge is 0.347 e. The highest BCUT2D eigenvalue weighted by Gasteiger charge is 2.43. The van der Waals surface area contributed by atoms with Gasteiger partial charge in [0.1, 0.15) is 12.2 Å². The maximum absolute atomic E-state index is 11.9. The number of hydrogen-bond acceptors (Lipinski definition) is 5. The molecule has 0 bridgehead atoms. The van der Waals surface area contributed by atoms with Crippen LogP contribution in [0, 0.1) is 11.3 Å². The molecule has 1 saturated heterocycles. The minimum Gasteiger partial charge on any atom is -0.347 e. The van der Waals surface area contributed by atoms with Crippen LogP contribution in [0.3, 0.4) is 0 Å². The van der Waals surface area contributed by atoms with Crippen molar-refractivity contribution in [1.29, 1.82) is 5.26 Å². The third-order valence-corrected chi connectivity index (χ3v) is 4.27. The molecule has 1 atom stereocenters. The second kappa shape index (κ2) is 6.99. The number of ether oxygens (including phenoxy) is 2. The van der Waals surface area contributed by atoms with Gasteiger partial charge in [-0.3, -0.25) is 9.59 Å². The molecular weight excluding hydrogens is 310 g/mol. The Morgan fingerprint density at radius 2 is 2.00 bits per heavy atom. The average Bonchev–Trinajstić information content (AvgIpc) is 3.23. The van der Waals surface area contributed by atoms with Crippen LogP contribution in [-0.2, 0) is 19.1 Å². The van der Waals surface area contributed by atoms with Crippen molar-refractivity contribution in [2.75, 3.05) is 18.5 Å². The van der Waals surface area contributed by atoms with Gasteiger partial charge in [-0.05, 0) is 25.0 Å². The number of carbonyl (C=O) groups is 2. The fourth-order valence-corrected chi connectivity index (χ4v) is 3.05. The molecule has 0 radical (unpaired) electrons. The van der Waals surface area contributed by atoms with Crippen LogP contribution >= 0.6 is 0 Å². The fourth-order valence-electron chi connectivity index (χ4n) is 3.05. The zero-order chi connectivity index (χ0) is 17.0. The number of nitrogens with zero attached hydrogens (tertiary/aromatic N) is 1. The lowest BCUT2D eigenvalue weighted by Gasteiger charge is -2.21. The molecule has 1 aromatic rings. The number of hydrogen-bond donors (Lipinski definition) is 2. The minimum atomic E-state index is -0.813. The lowest BCUT2D eigenvalue weighted by molar-refractivity contribution is -0.161. The van der Waals surface area contributed by atoms with Crippen LogP contribution in [0.1, 0.15) is 31.2 Å². The molecule has 2 amide bonds. The van der Waals surface area contributed by atoms with E-state index < -0.39 is 17.6 Å². The first-order valence-corrected chi connectivity index (χ1v) is 8.02. The standard InChI is InChI=1S/C17H19N3O4/c18-9-12-5-1-2-6-14(12)20-16(22)15(21)19-10-13-11-23-17(24-13)7-3-4-8-17/h1-2,5-6,13H,3-4,7-8,10-11H2,(H,19,21)(H,20,22)/t13-/m1/s1. The highest BCUT2D eigenvalue weighted by atomic mass is 16.7. The van der Waals surface area contributed by atoms with E-state index in [2.05, 4.69) is 10.6 Å². The summed E-state index contributed by atoms with van der Waals surface area (Å²) in [6.45, 7) is 0.632. The van der Waals surface area contributed by atoms with Crippen molar-refractivity contribution in [3.8, 4) is 6.07 Å². The first kappa shape index (κ1) is 16.4. The van der Waals surface area contributed by atoms with Crippen molar-refractivity contribution in [2.45, 2.75) is 37.6 Å². The number of anilines is 1. The van der Waals surface area contributed by atoms with Gasteiger partial charge in [0, 0.05) is 19.4 Å². The third-order valence-electron chi connectivity index (χ3n) is 4.27. The number of benzene rings is 1. The topological polar surface area (TPSA) is 100 Å². The molecule has 1 aliphatic heterocycles. The molecule has 2 fully saturated rings. The van der Waals surface area contributed by atoms with Gasteiger partial charge in [0.2, 0.25) is 0 Å². The third kappa shape index (κ3) is 3.55. The molecule has 1 spiro atoms. The predicted octanol–water partition coefficient (Wildman–Crippen LogP) is 1.30. The summed E-state index contributed by atoms with van der Waals surface area (Å²) in [5.41, 5.74) is 0.611. The lowest BCUT2D eigenvalue weighted by Crippen LogP contribution is -2.40. The van der Waals surface area contributed by atoms with E-state index in [0.29, 0.717) is 17.9 Å². The Bertz CT molecular complexity index is 677. The highest BCUT2D eigenvalue weighted by Crippen LogP contribution is 2.38. The molecule has 2 N–H and O–H groups in total. The molecule has 7 nitrogen and oxygen atoms in total. The van der Waals surface area contributed by atoms with Gasteiger partial charge in [-0.2, -0.15) is 5.26 Å². The van der Waals surface area contributed by atoms with Crippen LogP contribution < -0.4 is 10.6 Å². The summed E-state index contributed by atoms with van der Waals surface area (Å²) in [4.78, 5) is 23.8. The van der Waals surface area contributed by atoms with Crippen LogP contribution in [0.4, 0.5) is 5.69 Å². The quantitative estimate of drug-likeness (QED) is 0.814. The van der Waals surface area contributed by atoms with Gasteiger partial charge in [-0.1, -0.05) is 12.1 Å². The van der Waals surface area contributed by atoms with Gasteiger partial charge in [0.05, 0.1) is 17.9 Å². The van der Waals surface area contributed by atoms with E-state index in [9.17, 15) is 9.59 Å². The number of para-hydroxylation sites is 1. The second-order valence-electron chi connectivity index (χ2n) is 5.99. The Kier molecular flexibility index (Phi) is 4.79. The van der Waals surface area contributed by atoms with E-state index in [1.165, 1.54) is 0 Å². The van der Waals surface area contributed by atoms with Crippen LogP contribution in [0.2, 0.25) is 0 Å². The highest BCUT2D eigenvalue weighted by molar-refractivity contribution is 6.39. The summed E-state index contributed by atoms with van der Waals surface area (Å²) in [6, 6.07) is 8.46. The number of carbonyl (C=O) groups excluding carboxylic acids is 2. The second-order valence-corrected chi connectivity index (χ2v) is 5.99. The number of rotatable bonds is 3. The van der Waals surface area contributed by atoms with Gasteiger partial charge in [-0.15, -0.1) is 0 Å². The van der Waals surface area contributed by atoms with Gasteiger partial charge in [0.25, 0.3) is 0 Å². The summed E-state index contributed by atoms with van der Waals surface area (Å²) >= 11 is 0. The number of nitrogens with one attached hydrogen (secondary N) is 2. The van der Waals surface area contributed by atoms with E-state index >= 15 is 0 Å². The summed E-state index contributed by atoms with van der Waals surface area (Å²) in [5, 5.41) is 14.0. The molecule has 126 valence electrons. The van der Waals surface area contributed by atoms with E-state index in [0.717, 1.165) is 25.7 Å². The van der Waals surface area contributed by atoms with Gasteiger partial charge >= 0.3 is 11.8 Å². The van der Waals surface area contributed by atoms with Crippen LogP contribution in [0.25, 0.3) is 0 Å². The van der Waals surface area contributed by atoms with Crippen molar-refractivity contribution >= 4 is 17.5 Å². The SMILES string of the molecule is N#Cc1ccccc1NC(=O)C(=O)NC[C@@H]1COC2(CCCC2)O1. The molecule has 24 heavy (non-hydrogen) atoms. The van der Waals surface area contributed by atoms with Crippen LogP contribution in [0.5, 0.6) is 0 Å². The average molecular weight is 329 g/mol. The Hall–Kier alpha value is -2.43. The predicted molar refractivity (Wildman–Crippen MR) is 84.8 cm³/mol. The maximum atomic E-state index is 11.9. The first-order chi connectivity index (χ1) is 11.6. The summed E-state index contributed by atoms with van der Waals surface area (Å²) in [5.74, 6) is -2.06. The number of amides is 2. The molecular formula is C17H19N3O4. The molecule has 1 aromatic carbocycles. The monoisotopic (exact) mass is 329 g/mol. The van der Waals surface area contributed by atoms with Crippen LogP contribution in [-0.4, -0.2) is 36.9 Å². The number of nitriles is 1. The molecule has 1 aliphatic carbocycles. The molecule has 1 heterocycles. The van der Waals surface area contributed by atoms with Crippen molar-refractivity contribution in [3.05, 3.63) is 29.8 Å². The minimum absolute atomic E-state index is 0.216. The van der Waals surface area contributed by atoms with Crippen molar-refractivity contribution < 1.29 is 19.1 Å². The zero-order valence-electron chi connectivity index (χ0n) is 13.2. The maximum Gasteiger partial charge on any atom is 0.313 e. The lowest BCUT2D eigenvalue weighted by atomic mass is 10.2. The molecule has 7 heteroatoms. The Labute approximate surface area is 139 Å². The van der Waals surface area contributed by atoms with Gasteiger partial charge in [-0.25, -0.2) is 0 Å². The fraction of sp³-hybridized carbons (Fsp3) is 0.471. The van der Waals surface area contributed by atoms with E-state index in [4.69, 9.17) is 14.7 Å². The van der Waals surface area contributed by atoms with Crippen molar-refractivity contribution in [1.82, 2.24) is 5.32 Å². The van der Waals surface area contributed by atoms with E-state index in [1.54, 1.807) is 24.3 Å². The molecule has 0 aromatic heterocycles. The Morgan fingerprint density at radius 3 is 2.75 bits per heavy atom. The van der Waals surface area contributed by atoms with Gasteiger partial charge in [0.15, 0.2) is 5.79 Å². The summed E-state index contributed by atoms with van der Waals surface area (Å²) in [6.07, 6.45) is 3.68.